The second-order valence-electron chi connectivity index (χ2n) is 2.33. The van der Waals surface area contributed by atoms with Crippen LogP contribution in [0.1, 0.15) is 9.67 Å². The van der Waals surface area contributed by atoms with E-state index in [-0.39, 0.29) is 5.78 Å². The minimum Gasteiger partial charge on any atom is -0.299 e. The minimum absolute atomic E-state index is 0.0668. The monoisotopic (exact) mass is 257 g/mol. The molecule has 4 heteroatoms. The molecule has 0 bridgehead atoms. The normalized spacial score (nSPS) is 9.54. The number of terminal acetylenes is 1. The van der Waals surface area contributed by atoms with Gasteiger partial charge in [-0.25, -0.2) is 0 Å². The summed E-state index contributed by atoms with van der Waals surface area (Å²) in [6.45, 7) is 0.720. The SMILES string of the molecule is C#CCNCC(=O)c1sccc1Br. The van der Waals surface area contributed by atoms with Crippen molar-refractivity contribution in [3.63, 3.8) is 0 Å². The van der Waals surface area contributed by atoms with E-state index in [0.717, 1.165) is 9.35 Å². The summed E-state index contributed by atoms with van der Waals surface area (Å²) in [6, 6.07) is 1.86. The number of halogens is 1. The Labute approximate surface area is 89.5 Å². The van der Waals surface area contributed by atoms with Crippen molar-refractivity contribution in [2.75, 3.05) is 13.1 Å². The molecule has 0 aromatic carbocycles. The van der Waals surface area contributed by atoms with Gasteiger partial charge in [-0.15, -0.1) is 17.8 Å². The molecule has 0 spiro atoms. The first-order valence-electron chi connectivity index (χ1n) is 3.66. The zero-order valence-corrected chi connectivity index (χ0v) is 9.24. The Morgan fingerprint density at radius 1 is 1.77 bits per heavy atom. The summed E-state index contributed by atoms with van der Waals surface area (Å²) in [6.07, 6.45) is 5.03. The second-order valence-corrected chi connectivity index (χ2v) is 4.10. The number of nitrogens with one attached hydrogen (secondary N) is 1. The number of thiophene rings is 1. The van der Waals surface area contributed by atoms with Gasteiger partial charge >= 0.3 is 0 Å². The smallest absolute Gasteiger partial charge is 0.187 e. The van der Waals surface area contributed by atoms with Crippen LogP contribution in [0.15, 0.2) is 15.9 Å². The van der Waals surface area contributed by atoms with Crippen LogP contribution in [0.2, 0.25) is 0 Å². The second kappa shape index (κ2) is 5.18. The highest BCUT2D eigenvalue weighted by Gasteiger charge is 2.09. The molecule has 0 aliphatic heterocycles. The maximum atomic E-state index is 11.5. The molecule has 13 heavy (non-hydrogen) atoms. The molecule has 0 aliphatic rings. The summed E-state index contributed by atoms with van der Waals surface area (Å²) in [5.74, 6) is 2.48. The first kappa shape index (κ1) is 10.5. The molecule has 0 saturated carbocycles. The first-order chi connectivity index (χ1) is 6.25. The Hall–Kier alpha value is -0.630. The van der Waals surface area contributed by atoms with Crippen LogP contribution in [0.5, 0.6) is 0 Å². The van der Waals surface area contributed by atoms with Crippen LogP contribution in [0, 0.1) is 12.3 Å². The summed E-state index contributed by atoms with van der Waals surface area (Å²) in [5, 5.41) is 4.72. The van der Waals surface area contributed by atoms with E-state index in [2.05, 4.69) is 27.2 Å². The third kappa shape index (κ3) is 2.96. The topological polar surface area (TPSA) is 29.1 Å². The lowest BCUT2D eigenvalue weighted by Crippen LogP contribution is -2.22. The summed E-state index contributed by atoms with van der Waals surface area (Å²) in [4.78, 5) is 12.2. The lowest BCUT2D eigenvalue weighted by molar-refractivity contribution is 0.0995. The Bertz CT molecular complexity index is 340. The molecule has 0 aliphatic carbocycles. The van der Waals surface area contributed by atoms with Crippen LogP contribution < -0.4 is 5.32 Å². The van der Waals surface area contributed by atoms with E-state index in [9.17, 15) is 4.79 Å². The van der Waals surface area contributed by atoms with E-state index >= 15 is 0 Å². The van der Waals surface area contributed by atoms with E-state index in [1.807, 2.05) is 11.4 Å². The molecule has 0 fully saturated rings. The average molecular weight is 258 g/mol. The van der Waals surface area contributed by atoms with Gasteiger partial charge in [0.2, 0.25) is 0 Å². The van der Waals surface area contributed by atoms with Gasteiger partial charge in [0.15, 0.2) is 5.78 Å². The summed E-state index contributed by atoms with van der Waals surface area (Å²) in [7, 11) is 0. The molecular weight excluding hydrogens is 250 g/mol. The first-order valence-corrected chi connectivity index (χ1v) is 5.33. The molecule has 1 rings (SSSR count). The van der Waals surface area contributed by atoms with E-state index in [1.54, 1.807) is 0 Å². The van der Waals surface area contributed by atoms with Crippen LogP contribution in [0.4, 0.5) is 0 Å². The van der Waals surface area contributed by atoms with Gasteiger partial charge in [-0.3, -0.25) is 10.1 Å². The van der Waals surface area contributed by atoms with Crippen LogP contribution in [0.3, 0.4) is 0 Å². The van der Waals surface area contributed by atoms with Crippen molar-refractivity contribution in [3.8, 4) is 12.3 Å². The van der Waals surface area contributed by atoms with Gasteiger partial charge in [0.05, 0.1) is 18.0 Å². The van der Waals surface area contributed by atoms with Crippen molar-refractivity contribution < 1.29 is 4.79 Å². The summed E-state index contributed by atoms with van der Waals surface area (Å²) >= 11 is 4.72. The number of hydrogen-bond acceptors (Lipinski definition) is 3. The molecule has 2 nitrogen and oxygen atoms in total. The quantitative estimate of drug-likeness (QED) is 0.508. The van der Waals surface area contributed by atoms with Gasteiger partial charge in [-0.05, 0) is 27.4 Å². The van der Waals surface area contributed by atoms with Crippen LogP contribution in [0.25, 0.3) is 0 Å². The van der Waals surface area contributed by atoms with Crippen molar-refractivity contribution in [2.24, 2.45) is 0 Å². The van der Waals surface area contributed by atoms with Gasteiger partial charge in [-0.2, -0.15) is 0 Å². The molecule has 1 N–H and O–H groups in total. The molecule has 0 saturated heterocycles. The molecule has 1 heterocycles. The third-order valence-corrected chi connectivity index (χ3v) is 3.26. The van der Waals surface area contributed by atoms with Gasteiger partial charge in [0, 0.05) is 4.47 Å². The lowest BCUT2D eigenvalue weighted by Gasteiger charge is -1.98. The molecule has 68 valence electrons. The fourth-order valence-electron chi connectivity index (χ4n) is 0.821. The van der Waals surface area contributed by atoms with Crippen molar-refractivity contribution in [3.05, 3.63) is 20.8 Å². The van der Waals surface area contributed by atoms with Crippen LogP contribution >= 0.6 is 27.3 Å². The third-order valence-electron chi connectivity index (χ3n) is 1.38. The largest absolute Gasteiger partial charge is 0.299 e. The molecule has 0 radical (unpaired) electrons. The molecule has 1 aromatic heterocycles. The minimum atomic E-state index is 0.0668. The highest BCUT2D eigenvalue weighted by atomic mass is 79.9. The standard InChI is InChI=1S/C9H8BrNOS/c1-2-4-11-6-8(12)9-7(10)3-5-13-9/h1,3,5,11H,4,6H2. The number of carbonyl (C=O) groups excluding carboxylic acids is 1. The van der Waals surface area contributed by atoms with Crippen LogP contribution in [-0.4, -0.2) is 18.9 Å². The number of hydrogen-bond donors (Lipinski definition) is 1. The van der Waals surface area contributed by atoms with E-state index in [1.165, 1.54) is 11.3 Å². The number of Topliss-reactive ketones (excluding diaryl/α,β-unsaturated/α-hetero) is 1. The number of carbonyl (C=O) groups is 1. The number of ketones is 1. The maximum absolute atomic E-state index is 11.5. The van der Waals surface area contributed by atoms with Gasteiger partial charge in [-0.1, -0.05) is 5.92 Å². The highest BCUT2D eigenvalue weighted by Crippen LogP contribution is 2.22. The Morgan fingerprint density at radius 3 is 3.08 bits per heavy atom. The Balaban J connectivity index is 2.50. The molecule has 1 aromatic rings. The fraction of sp³-hybridized carbons (Fsp3) is 0.222. The van der Waals surface area contributed by atoms with Gasteiger partial charge in [0.1, 0.15) is 0 Å². The van der Waals surface area contributed by atoms with Crippen molar-refractivity contribution in [1.29, 1.82) is 0 Å². The molecular formula is C9H8BrNOS. The van der Waals surface area contributed by atoms with Crippen molar-refractivity contribution in [1.82, 2.24) is 5.32 Å². The summed E-state index contributed by atoms with van der Waals surface area (Å²) in [5.41, 5.74) is 0. The molecule has 0 atom stereocenters. The zero-order chi connectivity index (χ0) is 9.68. The average Bonchev–Trinajstić information content (AvgIpc) is 2.52. The van der Waals surface area contributed by atoms with Gasteiger partial charge < -0.3 is 0 Å². The Kier molecular flexibility index (Phi) is 4.16. The Morgan fingerprint density at radius 2 is 2.54 bits per heavy atom. The van der Waals surface area contributed by atoms with Crippen molar-refractivity contribution >= 4 is 33.0 Å². The summed E-state index contributed by atoms with van der Waals surface area (Å²) < 4.78 is 0.852. The van der Waals surface area contributed by atoms with E-state index in [4.69, 9.17) is 6.42 Å². The van der Waals surface area contributed by atoms with Crippen molar-refractivity contribution in [2.45, 2.75) is 0 Å². The zero-order valence-electron chi connectivity index (χ0n) is 6.84. The lowest BCUT2D eigenvalue weighted by atomic mass is 10.3. The molecule has 0 amide bonds. The predicted octanol–water partition coefficient (Wildman–Crippen LogP) is 1.92. The predicted molar refractivity (Wildman–Crippen MR) is 58.1 cm³/mol. The van der Waals surface area contributed by atoms with E-state index in [0.29, 0.717) is 13.1 Å². The highest BCUT2D eigenvalue weighted by molar-refractivity contribution is 9.10. The van der Waals surface area contributed by atoms with E-state index < -0.39 is 0 Å². The van der Waals surface area contributed by atoms with Gasteiger partial charge in [0.25, 0.3) is 0 Å². The van der Waals surface area contributed by atoms with Crippen LogP contribution in [-0.2, 0) is 0 Å². The maximum Gasteiger partial charge on any atom is 0.187 e. The fourth-order valence-corrected chi connectivity index (χ4v) is 2.35. The number of rotatable bonds is 4. The molecule has 0 unspecified atom stereocenters.